The van der Waals surface area contributed by atoms with Crippen LogP contribution in [0, 0.1) is 18.8 Å². The summed E-state index contributed by atoms with van der Waals surface area (Å²) in [5.74, 6) is 5.40. The molecular weight excluding hydrogens is 422 g/mol. The predicted octanol–water partition coefficient (Wildman–Crippen LogP) is 3.27. The van der Waals surface area contributed by atoms with E-state index in [1.165, 1.54) is 18.0 Å². The first kappa shape index (κ1) is 21.6. The van der Waals surface area contributed by atoms with Crippen LogP contribution in [0.1, 0.15) is 37.6 Å². The van der Waals surface area contributed by atoms with Gasteiger partial charge in [-0.25, -0.2) is 9.78 Å². The third kappa shape index (κ3) is 4.38. The van der Waals surface area contributed by atoms with Crippen molar-refractivity contribution in [2.24, 2.45) is 7.05 Å². The molecule has 0 atom stereocenters. The lowest BCUT2D eigenvalue weighted by atomic mass is 10.1. The van der Waals surface area contributed by atoms with E-state index < -0.39 is 11.9 Å². The number of hydrogen-bond donors (Lipinski definition) is 1. The van der Waals surface area contributed by atoms with E-state index in [4.69, 9.17) is 9.15 Å². The van der Waals surface area contributed by atoms with Gasteiger partial charge in [0.2, 0.25) is 5.71 Å². The topological polar surface area (TPSA) is 103 Å². The van der Waals surface area contributed by atoms with Crippen LogP contribution in [0.25, 0.3) is 11.1 Å². The fourth-order valence-corrected chi connectivity index (χ4v) is 3.32. The van der Waals surface area contributed by atoms with Crippen molar-refractivity contribution in [1.29, 1.82) is 0 Å². The summed E-state index contributed by atoms with van der Waals surface area (Å²) in [6.45, 7) is 1.61. The number of nitrogens with one attached hydrogen (secondary N) is 1. The van der Waals surface area contributed by atoms with E-state index >= 15 is 0 Å². The Bertz CT molecular complexity index is 1520. The van der Waals surface area contributed by atoms with Gasteiger partial charge in [0.25, 0.3) is 11.5 Å². The quantitative estimate of drug-likeness (QED) is 0.387. The molecule has 8 heteroatoms. The van der Waals surface area contributed by atoms with Crippen LogP contribution >= 0.6 is 0 Å². The van der Waals surface area contributed by atoms with E-state index in [0.717, 1.165) is 0 Å². The first-order valence-corrected chi connectivity index (χ1v) is 9.94. The number of anilines is 1. The molecule has 0 fully saturated rings. The first-order chi connectivity index (χ1) is 15.9. The Balaban J connectivity index is 1.60. The summed E-state index contributed by atoms with van der Waals surface area (Å²) in [6.07, 6.45) is 1.35. The molecular formula is C25H19N3O5. The average molecular weight is 441 g/mol. The molecule has 0 bridgehead atoms. The van der Waals surface area contributed by atoms with Crippen molar-refractivity contribution in [2.45, 2.75) is 6.92 Å². The molecule has 1 amide bonds. The highest BCUT2D eigenvalue weighted by atomic mass is 16.5. The van der Waals surface area contributed by atoms with Gasteiger partial charge >= 0.3 is 5.97 Å². The summed E-state index contributed by atoms with van der Waals surface area (Å²) < 4.78 is 11.5. The number of rotatable bonds is 3. The van der Waals surface area contributed by atoms with Crippen LogP contribution < -0.4 is 10.9 Å². The zero-order valence-corrected chi connectivity index (χ0v) is 18.1. The smallest absolute Gasteiger partial charge is 0.337 e. The molecule has 2 aromatic carbocycles. The number of nitrogens with zero attached hydrogens (tertiary/aromatic N) is 2. The first-order valence-electron chi connectivity index (χ1n) is 9.94. The maximum Gasteiger partial charge on any atom is 0.337 e. The highest BCUT2D eigenvalue weighted by Gasteiger charge is 2.22. The summed E-state index contributed by atoms with van der Waals surface area (Å²) in [5, 5.41) is 2.93. The van der Waals surface area contributed by atoms with E-state index in [9.17, 15) is 14.4 Å². The number of benzene rings is 2. The lowest BCUT2D eigenvalue weighted by Crippen LogP contribution is -2.20. The van der Waals surface area contributed by atoms with Crippen LogP contribution in [0.4, 0.5) is 5.69 Å². The molecule has 33 heavy (non-hydrogen) atoms. The van der Waals surface area contributed by atoms with Crippen molar-refractivity contribution in [3.05, 3.63) is 93.2 Å². The molecule has 0 aliphatic carbocycles. The zero-order valence-electron chi connectivity index (χ0n) is 18.1. The third-order valence-electron chi connectivity index (χ3n) is 4.93. The number of aromatic nitrogens is 2. The van der Waals surface area contributed by atoms with Gasteiger partial charge in [-0.3, -0.25) is 9.59 Å². The number of amides is 1. The van der Waals surface area contributed by atoms with Gasteiger partial charge in [-0.15, -0.1) is 0 Å². The Kier molecular flexibility index (Phi) is 5.79. The molecule has 0 radical (unpaired) electrons. The van der Waals surface area contributed by atoms with Gasteiger partial charge < -0.3 is 19.0 Å². The molecule has 0 saturated carbocycles. The lowest BCUT2D eigenvalue weighted by Gasteiger charge is -2.05. The maximum atomic E-state index is 13.0. The van der Waals surface area contributed by atoms with Crippen LogP contribution in [0.3, 0.4) is 0 Å². The number of fused-ring (bicyclic) bond motifs is 1. The fourth-order valence-electron chi connectivity index (χ4n) is 3.32. The number of esters is 1. The van der Waals surface area contributed by atoms with Crippen molar-refractivity contribution in [3.8, 4) is 11.8 Å². The van der Waals surface area contributed by atoms with Gasteiger partial charge in [-0.05, 0) is 43.3 Å². The Labute approximate surface area is 188 Å². The van der Waals surface area contributed by atoms with Crippen molar-refractivity contribution >= 4 is 28.7 Å². The second-order valence-corrected chi connectivity index (χ2v) is 7.23. The molecule has 0 spiro atoms. The zero-order chi connectivity index (χ0) is 23.5. The van der Waals surface area contributed by atoms with E-state index in [-0.39, 0.29) is 22.2 Å². The molecule has 0 unspecified atom stereocenters. The van der Waals surface area contributed by atoms with Crippen molar-refractivity contribution in [1.82, 2.24) is 9.55 Å². The molecule has 0 saturated heterocycles. The number of carbonyl (C=O) groups excluding carboxylic acids is 2. The second kappa shape index (κ2) is 8.85. The van der Waals surface area contributed by atoms with E-state index in [1.54, 1.807) is 62.5 Å². The molecule has 0 aliphatic heterocycles. The van der Waals surface area contributed by atoms with Crippen LogP contribution in [0.15, 0.2) is 64.1 Å². The van der Waals surface area contributed by atoms with Gasteiger partial charge in [0, 0.05) is 23.9 Å². The molecule has 2 aromatic heterocycles. The Morgan fingerprint density at radius 3 is 2.52 bits per heavy atom. The minimum Gasteiger partial charge on any atom is -0.465 e. The second-order valence-electron chi connectivity index (χ2n) is 7.23. The number of carbonyl (C=O) groups is 2. The maximum absolute atomic E-state index is 13.0. The summed E-state index contributed by atoms with van der Waals surface area (Å²) >= 11 is 0. The van der Waals surface area contributed by atoms with Gasteiger partial charge in [0.1, 0.15) is 17.5 Å². The van der Waals surface area contributed by atoms with Gasteiger partial charge in [0.15, 0.2) is 0 Å². The Morgan fingerprint density at radius 2 is 1.79 bits per heavy atom. The van der Waals surface area contributed by atoms with Crippen molar-refractivity contribution in [2.75, 3.05) is 12.4 Å². The SMILES string of the molecule is COC(=O)c1cccc(C#Cc2cccc(NC(=O)c3c(C)oc4ncn(C)c(=O)c34)c2)c1. The summed E-state index contributed by atoms with van der Waals surface area (Å²) in [7, 11) is 2.88. The van der Waals surface area contributed by atoms with Crippen LogP contribution in [-0.2, 0) is 11.8 Å². The highest BCUT2D eigenvalue weighted by molar-refractivity contribution is 6.12. The molecule has 4 rings (SSSR count). The number of ether oxygens (including phenoxy) is 1. The number of methoxy groups -OCH3 is 1. The van der Waals surface area contributed by atoms with E-state index in [0.29, 0.717) is 28.1 Å². The van der Waals surface area contributed by atoms with Gasteiger partial charge in [-0.2, -0.15) is 0 Å². The monoisotopic (exact) mass is 441 g/mol. The molecule has 8 nitrogen and oxygen atoms in total. The molecule has 2 heterocycles. The normalized spacial score (nSPS) is 10.4. The fraction of sp³-hybridized carbons (Fsp3) is 0.120. The van der Waals surface area contributed by atoms with Crippen LogP contribution in [0.2, 0.25) is 0 Å². The van der Waals surface area contributed by atoms with E-state index in [2.05, 4.69) is 22.1 Å². The number of furan rings is 1. The van der Waals surface area contributed by atoms with E-state index in [1.807, 2.05) is 0 Å². The largest absolute Gasteiger partial charge is 0.465 e. The lowest BCUT2D eigenvalue weighted by molar-refractivity contribution is 0.0600. The Hall–Kier alpha value is -4.64. The average Bonchev–Trinajstić information content (AvgIpc) is 3.16. The van der Waals surface area contributed by atoms with Crippen LogP contribution in [-0.4, -0.2) is 28.5 Å². The third-order valence-corrected chi connectivity index (χ3v) is 4.93. The standard InChI is InChI=1S/C25H19N3O5/c1-15-20(21-23(33-15)26-14-28(2)24(21)30)22(29)27-19-9-5-7-17(13-19)11-10-16-6-4-8-18(12-16)25(31)32-3/h4-9,12-14H,1-3H3,(H,27,29). The Morgan fingerprint density at radius 1 is 1.09 bits per heavy atom. The summed E-state index contributed by atoms with van der Waals surface area (Å²) in [5.41, 5.74) is 2.12. The van der Waals surface area contributed by atoms with Crippen molar-refractivity contribution < 1.29 is 18.7 Å². The van der Waals surface area contributed by atoms with Crippen LogP contribution in [0.5, 0.6) is 0 Å². The highest BCUT2D eigenvalue weighted by Crippen LogP contribution is 2.22. The summed E-state index contributed by atoms with van der Waals surface area (Å²) in [4.78, 5) is 41.2. The van der Waals surface area contributed by atoms with Gasteiger partial charge in [0.05, 0.1) is 18.2 Å². The predicted molar refractivity (Wildman–Crippen MR) is 122 cm³/mol. The number of hydrogen-bond acceptors (Lipinski definition) is 6. The van der Waals surface area contributed by atoms with Crippen molar-refractivity contribution in [3.63, 3.8) is 0 Å². The molecule has 1 N–H and O–H groups in total. The molecule has 164 valence electrons. The minimum atomic E-state index is -0.479. The number of aryl methyl sites for hydroxylation is 2. The molecule has 0 aliphatic rings. The van der Waals surface area contributed by atoms with Gasteiger partial charge in [-0.1, -0.05) is 24.0 Å². The minimum absolute atomic E-state index is 0.120. The summed E-state index contributed by atoms with van der Waals surface area (Å²) in [6, 6.07) is 13.8. The molecule has 4 aromatic rings.